The summed E-state index contributed by atoms with van der Waals surface area (Å²) in [6.07, 6.45) is 0.652. The summed E-state index contributed by atoms with van der Waals surface area (Å²) in [6.45, 7) is 9.90. The summed E-state index contributed by atoms with van der Waals surface area (Å²) in [6, 6.07) is 0.250. The molecule has 0 radical (unpaired) electrons. The molecule has 108 valence electrons. The van der Waals surface area contributed by atoms with Gasteiger partial charge in [-0.2, -0.15) is 0 Å². The predicted molar refractivity (Wildman–Crippen MR) is 73.1 cm³/mol. The van der Waals surface area contributed by atoms with Crippen LogP contribution in [0.2, 0.25) is 0 Å². The Labute approximate surface area is 111 Å². The van der Waals surface area contributed by atoms with E-state index in [1.54, 1.807) is 0 Å². The van der Waals surface area contributed by atoms with Gasteiger partial charge in [0.2, 0.25) is 10.0 Å². The standard InChI is InChI=1S/C12H26N2O3S/c1-4-9-18(15,16)13-10-12(11(2)3)14-5-7-17-8-6-14/h11-13H,4-10H2,1-3H3. The highest BCUT2D eigenvalue weighted by molar-refractivity contribution is 7.89. The lowest BCUT2D eigenvalue weighted by atomic mass is 10.0. The number of morpholine rings is 1. The molecule has 0 aliphatic carbocycles. The number of nitrogens with one attached hydrogen (secondary N) is 1. The number of hydrogen-bond donors (Lipinski definition) is 1. The second kappa shape index (κ2) is 7.43. The van der Waals surface area contributed by atoms with Crippen LogP contribution in [0, 0.1) is 5.92 Å². The van der Waals surface area contributed by atoms with Crippen molar-refractivity contribution >= 4 is 10.0 Å². The third-order valence-corrected chi connectivity index (χ3v) is 4.82. The van der Waals surface area contributed by atoms with Crippen LogP contribution in [0.4, 0.5) is 0 Å². The number of hydrogen-bond acceptors (Lipinski definition) is 4. The zero-order valence-electron chi connectivity index (χ0n) is 11.7. The Kier molecular flexibility index (Phi) is 6.55. The topological polar surface area (TPSA) is 58.6 Å². The first-order chi connectivity index (χ1) is 8.46. The third kappa shape index (κ3) is 5.22. The summed E-state index contributed by atoms with van der Waals surface area (Å²) < 4.78 is 31.4. The Morgan fingerprint density at radius 1 is 1.28 bits per heavy atom. The molecule has 6 heteroatoms. The van der Waals surface area contributed by atoms with Crippen molar-refractivity contribution in [1.82, 2.24) is 9.62 Å². The monoisotopic (exact) mass is 278 g/mol. The van der Waals surface area contributed by atoms with Crippen LogP contribution in [-0.4, -0.2) is 58.0 Å². The van der Waals surface area contributed by atoms with Crippen LogP contribution in [0.5, 0.6) is 0 Å². The van der Waals surface area contributed by atoms with Crippen molar-refractivity contribution in [3.8, 4) is 0 Å². The third-order valence-electron chi connectivity index (χ3n) is 3.27. The lowest BCUT2D eigenvalue weighted by Crippen LogP contribution is -2.51. The number of sulfonamides is 1. The van der Waals surface area contributed by atoms with Crippen LogP contribution in [0.3, 0.4) is 0 Å². The van der Waals surface area contributed by atoms with Crippen molar-refractivity contribution in [2.75, 3.05) is 38.6 Å². The van der Waals surface area contributed by atoms with Gasteiger partial charge in [-0.15, -0.1) is 0 Å². The molecule has 1 rings (SSSR count). The second-order valence-electron chi connectivity index (χ2n) is 5.13. The fraction of sp³-hybridized carbons (Fsp3) is 1.00. The molecule has 0 aromatic heterocycles. The van der Waals surface area contributed by atoms with E-state index in [4.69, 9.17) is 4.74 Å². The Morgan fingerprint density at radius 2 is 1.89 bits per heavy atom. The molecule has 5 nitrogen and oxygen atoms in total. The van der Waals surface area contributed by atoms with E-state index in [2.05, 4.69) is 23.5 Å². The van der Waals surface area contributed by atoms with Crippen LogP contribution in [-0.2, 0) is 14.8 Å². The molecule has 1 fully saturated rings. The Bertz CT molecular complexity index is 324. The summed E-state index contributed by atoms with van der Waals surface area (Å²) in [5.74, 6) is 0.633. The van der Waals surface area contributed by atoms with Crippen LogP contribution in [0.25, 0.3) is 0 Å². The molecule has 18 heavy (non-hydrogen) atoms. The van der Waals surface area contributed by atoms with Crippen molar-refractivity contribution in [1.29, 1.82) is 0 Å². The first-order valence-electron chi connectivity index (χ1n) is 6.75. The van der Waals surface area contributed by atoms with Gasteiger partial charge >= 0.3 is 0 Å². The lowest BCUT2D eigenvalue weighted by Gasteiger charge is -2.36. The highest BCUT2D eigenvalue weighted by Crippen LogP contribution is 2.12. The molecule has 0 amide bonds. The summed E-state index contributed by atoms with van der Waals surface area (Å²) in [5, 5.41) is 0. The molecule has 1 aliphatic heterocycles. The molecule has 0 bridgehead atoms. The van der Waals surface area contributed by atoms with Crippen molar-refractivity contribution in [2.45, 2.75) is 33.2 Å². The fourth-order valence-corrected chi connectivity index (χ4v) is 3.36. The molecule has 1 atom stereocenters. The molecule has 1 saturated heterocycles. The molecule has 0 aromatic carbocycles. The summed E-state index contributed by atoms with van der Waals surface area (Å²) in [5.41, 5.74) is 0. The van der Waals surface area contributed by atoms with Crippen LogP contribution < -0.4 is 4.72 Å². The Morgan fingerprint density at radius 3 is 2.39 bits per heavy atom. The number of rotatable bonds is 7. The van der Waals surface area contributed by atoms with Crippen molar-refractivity contribution in [3.05, 3.63) is 0 Å². The van der Waals surface area contributed by atoms with E-state index in [1.165, 1.54) is 0 Å². The normalized spacial score (nSPS) is 20.2. The fourth-order valence-electron chi connectivity index (χ4n) is 2.25. The van der Waals surface area contributed by atoms with Gasteiger partial charge in [0.05, 0.1) is 19.0 Å². The SMILES string of the molecule is CCCS(=O)(=O)NCC(C(C)C)N1CCOCC1. The quantitative estimate of drug-likeness (QED) is 0.744. The molecule has 1 aliphatic rings. The van der Waals surface area contributed by atoms with Crippen molar-refractivity contribution < 1.29 is 13.2 Å². The van der Waals surface area contributed by atoms with E-state index in [0.29, 0.717) is 18.9 Å². The van der Waals surface area contributed by atoms with Crippen molar-refractivity contribution in [3.63, 3.8) is 0 Å². The van der Waals surface area contributed by atoms with Gasteiger partial charge in [0.15, 0.2) is 0 Å². The second-order valence-corrected chi connectivity index (χ2v) is 7.05. The largest absolute Gasteiger partial charge is 0.379 e. The zero-order chi connectivity index (χ0) is 13.6. The van der Waals surface area contributed by atoms with E-state index in [1.807, 2.05) is 6.92 Å². The van der Waals surface area contributed by atoms with Gasteiger partial charge in [-0.05, 0) is 12.3 Å². The summed E-state index contributed by atoms with van der Waals surface area (Å²) in [7, 11) is -3.11. The van der Waals surface area contributed by atoms with Gasteiger partial charge in [0.25, 0.3) is 0 Å². The maximum atomic E-state index is 11.7. The van der Waals surface area contributed by atoms with Gasteiger partial charge in [0, 0.05) is 25.7 Å². The molecule has 1 unspecified atom stereocenters. The minimum atomic E-state index is -3.11. The molecule has 1 N–H and O–H groups in total. The van der Waals surface area contributed by atoms with Crippen LogP contribution >= 0.6 is 0 Å². The average Bonchev–Trinajstić information content (AvgIpc) is 2.30. The predicted octanol–water partition coefficient (Wildman–Crippen LogP) is 0.673. The van der Waals surface area contributed by atoms with Crippen LogP contribution in [0.15, 0.2) is 0 Å². The smallest absolute Gasteiger partial charge is 0.211 e. The maximum absolute atomic E-state index is 11.7. The maximum Gasteiger partial charge on any atom is 0.211 e. The van der Waals surface area contributed by atoms with E-state index in [9.17, 15) is 8.42 Å². The average molecular weight is 278 g/mol. The number of ether oxygens (including phenoxy) is 1. The molecule has 0 spiro atoms. The zero-order valence-corrected chi connectivity index (χ0v) is 12.5. The van der Waals surface area contributed by atoms with Gasteiger partial charge in [-0.25, -0.2) is 13.1 Å². The Hall–Kier alpha value is -0.170. The highest BCUT2D eigenvalue weighted by Gasteiger charge is 2.25. The molecule has 0 saturated carbocycles. The minimum absolute atomic E-state index is 0.209. The van der Waals surface area contributed by atoms with E-state index < -0.39 is 10.0 Å². The van der Waals surface area contributed by atoms with E-state index in [-0.39, 0.29) is 11.8 Å². The summed E-state index contributed by atoms with van der Waals surface area (Å²) >= 11 is 0. The number of nitrogens with zero attached hydrogens (tertiary/aromatic N) is 1. The molecular formula is C12H26N2O3S. The summed E-state index contributed by atoms with van der Waals surface area (Å²) in [4.78, 5) is 2.32. The van der Waals surface area contributed by atoms with Crippen LogP contribution in [0.1, 0.15) is 27.2 Å². The van der Waals surface area contributed by atoms with Crippen molar-refractivity contribution in [2.24, 2.45) is 5.92 Å². The van der Waals surface area contributed by atoms with E-state index >= 15 is 0 Å². The van der Waals surface area contributed by atoms with Gasteiger partial charge in [-0.3, -0.25) is 4.90 Å². The molecule has 0 aromatic rings. The van der Waals surface area contributed by atoms with E-state index in [0.717, 1.165) is 26.3 Å². The van der Waals surface area contributed by atoms with Gasteiger partial charge in [0.1, 0.15) is 0 Å². The first-order valence-corrected chi connectivity index (χ1v) is 8.40. The lowest BCUT2D eigenvalue weighted by molar-refractivity contribution is 0.00776. The molecular weight excluding hydrogens is 252 g/mol. The van der Waals surface area contributed by atoms with Gasteiger partial charge in [-0.1, -0.05) is 20.8 Å². The Balaban J connectivity index is 2.52. The highest BCUT2D eigenvalue weighted by atomic mass is 32.2. The van der Waals surface area contributed by atoms with Gasteiger partial charge < -0.3 is 4.74 Å². The minimum Gasteiger partial charge on any atom is -0.379 e. The first kappa shape index (κ1) is 15.9. The molecule has 1 heterocycles.